The van der Waals surface area contributed by atoms with Gasteiger partial charge in [-0.1, -0.05) is 6.07 Å². The molecule has 0 saturated carbocycles. The highest BCUT2D eigenvalue weighted by atomic mass is 16.2. The van der Waals surface area contributed by atoms with Crippen LogP contribution in [0.5, 0.6) is 0 Å². The Bertz CT molecular complexity index is 966. The van der Waals surface area contributed by atoms with Gasteiger partial charge in [0, 0.05) is 31.8 Å². The number of carbonyl (C=O) groups is 3. The van der Waals surface area contributed by atoms with Gasteiger partial charge in [-0.2, -0.15) is 0 Å². The summed E-state index contributed by atoms with van der Waals surface area (Å²) in [4.78, 5) is 47.7. The van der Waals surface area contributed by atoms with Crippen LogP contribution in [-0.2, 0) is 9.59 Å². The first kappa shape index (κ1) is 19.8. The molecule has 1 spiro atoms. The Morgan fingerprint density at radius 2 is 2.00 bits per heavy atom. The summed E-state index contributed by atoms with van der Waals surface area (Å²) < 4.78 is 0. The van der Waals surface area contributed by atoms with E-state index in [0.29, 0.717) is 30.8 Å². The maximum absolute atomic E-state index is 12.6. The molecule has 0 bridgehead atoms. The molecule has 4 heterocycles. The first-order valence-corrected chi connectivity index (χ1v) is 9.99. The number of amides is 3. The molecule has 4 rings (SSSR count). The van der Waals surface area contributed by atoms with Gasteiger partial charge in [-0.25, -0.2) is 4.98 Å². The Labute approximate surface area is 174 Å². The van der Waals surface area contributed by atoms with E-state index in [1.54, 1.807) is 24.5 Å². The third-order valence-electron chi connectivity index (χ3n) is 5.53. The van der Waals surface area contributed by atoms with Crippen LogP contribution in [0.4, 0.5) is 5.82 Å². The number of fused-ring (bicyclic) bond motifs is 1. The summed E-state index contributed by atoms with van der Waals surface area (Å²) in [6.07, 6.45) is 4.42. The van der Waals surface area contributed by atoms with Gasteiger partial charge in [0.15, 0.2) is 0 Å². The van der Waals surface area contributed by atoms with Gasteiger partial charge in [0.05, 0.1) is 23.8 Å². The van der Waals surface area contributed by atoms with E-state index in [2.05, 4.69) is 25.9 Å². The number of carbonyl (C=O) groups excluding carboxylic acids is 3. The lowest BCUT2D eigenvalue weighted by atomic mass is 9.97. The van der Waals surface area contributed by atoms with Crippen LogP contribution in [0.25, 0.3) is 0 Å². The molecule has 2 aliphatic rings. The molecule has 3 amide bonds. The van der Waals surface area contributed by atoms with E-state index in [1.165, 1.54) is 4.90 Å². The molecule has 0 aromatic carbocycles. The lowest BCUT2D eigenvalue weighted by Crippen LogP contribution is -2.58. The first-order chi connectivity index (χ1) is 14.5. The minimum atomic E-state index is -0.749. The Morgan fingerprint density at radius 3 is 2.80 bits per heavy atom. The molecule has 9 nitrogen and oxygen atoms in total. The van der Waals surface area contributed by atoms with E-state index in [9.17, 15) is 14.4 Å². The maximum atomic E-state index is 12.6. The molecule has 0 aliphatic carbocycles. The van der Waals surface area contributed by atoms with Crippen molar-refractivity contribution in [2.75, 3.05) is 18.4 Å². The number of nitrogens with one attached hydrogen (secondary N) is 3. The van der Waals surface area contributed by atoms with Crippen LogP contribution in [0.1, 0.15) is 48.3 Å². The minimum Gasteiger partial charge on any atom is -0.347 e. The third kappa shape index (κ3) is 4.10. The maximum Gasteiger partial charge on any atom is 0.256 e. The van der Waals surface area contributed by atoms with Crippen LogP contribution in [0.15, 0.2) is 42.7 Å². The quantitative estimate of drug-likeness (QED) is 0.700. The molecule has 2 atom stereocenters. The second-order valence-electron chi connectivity index (χ2n) is 7.67. The number of aromatic nitrogens is 2. The smallest absolute Gasteiger partial charge is 0.256 e. The zero-order chi connectivity index (χ0) is 21.1. The fraction of sp³-hybridized carbons (Fsp3) is 0.381. The van der Waals surface area contributed by atoms with Crippen molar-refractivity contribution in [3.05, 3.63) is 54.0 Å². The lowest BCUT2D eigenvalue weighted by Gasteiger charge is -2.39. The standard InChI is InChI=1S/C21H24N6O3/c1-14(16-6-2-3-10-22-16)24-17(28)13-27-12-9-21(8-7-18(27)29)25-19-15(20(30)26-21)5-4-11-23-19/h2-6,10-11,14H,7-9,12-13H2,1H3,(H,23,25)(H,24,28)(H,26,30). The van der Waals surface area contributed by atoms with Crippen molar-refractivity contribution in [1.29, 1.82) is 0 Å². The van der Waals surface area contributed by atoms with E-state index in [-0.39, 0.29) is 36.7 Å². The van der Waals surface area contributed by atoms with E-state index in [0.717, 1.165) is 5.69 Å². The van der Waals surface area contributed by atoms with Gasteiger partial charge in [0.2, 0.25) is 11.8 Å². The van der Waals surface area contributed by atoms with Crippen molar-refractivity contribution in [1.82, 2.24) is 25.5 Å². The topological polar surface area (TPSA) is 116 Å². The number of hydrogen-bond acceptors (Lipinski definition) is 6. The van der Waals surface area contributed by atoms with Crippen molar-refractivity contribution < 1.29 is 14.4 Å². The van der Waals surface area contributed by atoms with Crippen molar-refractivity contribution >= 4 is 23.5 Å². The average Bonchev–Trinajstić information content (AvgIpc) is 2.89. The molecule has 2 aromatic rings. The summed E-state index contributed by atoms with van der Waals surface area (Å²) in [6.45, 7) is 2.17. The fourth-order valence-corrected chi connectivity index (χ4v) is 3.87. The highest BCUT2D eigenvalue weighted by Gasteiger charge is 2.41. The van der Waals surface area contributed by atoms with Gasteiger partial charge in [-0.05, 0) is 37.6 Å². The molecule has 0 radical (unpaired) electrons. The molecule has 3 N–H and O–H groups in total. The number of likely N-dealkylation sites (tertiary alicyclic amines) is 1. The monoisotopic (exact) mass is 408 g/mol. The summed E-state index contributed by atoms with van der Waals surface area (Å²) in [5.74, 6) is -0.0516. The number of anilines is 1. The molecule has 9 heteroatoms. The van der Waals surface area contributed by atoms with Crippen LogP contribution in [-0.4, -0.2) is 51.3 Å². The molecule has 30 heavy (non-hydrogen) atoms. The summed E-state index contributed by atoms with van der Waals surface area (Å²) in [7, 11) is 0. The zero-order valence-electron chi connectivity index (χ0n) is 16.7. The van der Waals surface area contributed by atoms with Crippen LogP contribution in [0, 0.1) is 0 Å². The molecular formula is C21H24N6O3. The van der Waals surface area contributed by atoms with Gasteiger partial charge in [0.25, 0.3) is 5.91 Å². The molecule has 1 fully saturated rings. The molecule has 2 unspecified atom stereocenters. The predicted molar refractivity (Wildman–Crippen MR) is 109 cm³/mol. The number of hydrogen-bond donors (Lipinski definition) is 3. The molecule has 2 aromatic heterocycles. The fourth-order valence-electron chi connectivity index (χ4n) is 3.87. The van der Waals surface area contributed by atoms with Gasteiger partial charge in [-0.3, -0.25) is 19.4 Å². The lowest BCUT2D eigenvalue weighted by molar-refractivity contribution is -0.135. The zero-order valence-corrected chi connectivity index (χ0v) is 16.7. The van der Waals surface area contributed by atoms with Gasteiger partial charge >= 0.3 is 0 Å². The highest BCUT2D eigenvalue weighted by Crippen LogP contribution is 2.30. The Kier molecular flexibility index (Phi) is 5.35. The van der Waals surface area contributed by atoms with Crippen LogP contribution >= 0.6 is 0 Å². The third-order valence-corrected chi connectivity index (χ3v) is 5.53. The van der Waals surface area contributed by atoms with Crippen LogP contribution in [0.2, 0.25) is 0 Å². The van der Waals surface area contributed by atoms with E-state index < -0.39 is 5.66 Å². The van der Waals surface area contributed by atoms with Crippen LogP contribution < -0.4 is 16.0 Å². The van der Waals surface area contributed by atoms with Crippen molar-refractivity contribution in [3.63, 3.8) is 0 Å². The molecule has 156 valence electrons. The van der Waals surface area contributed by atoms with Crippen molar-refractivity contribution in [2.24, 2.45) is 0 Å². The SMILES string of the molecule is CC(NC(=O)CN1CCC2(CCC1=O)NC(=O)c1cccnc1N2)c1ccccn1. The normalized spacial score (nSPS) is 21.8. The molecule has 1 saturated heterocycles. The van der Waals surface area contributed by atoms with Crippen LogP contribution in [0.3, 0.4) is 0 Å². The van der Waals surface area contributed by atoms with E-state index >= 15 is 0 Å². The largest absolute Gasteiger partial charge is 0.347 e. The Hall–Kier alpha value is -3.49. The number of nitrogens with zero attached hydrogens (tertiary/aromatic N) is 3. The highest BCUT2D eigenvalue weighted by molar-refractivity contribution is 6.01. The second kappa shape index (κ2) is 8.10. The van der Waals surface area contributed by atoms with Gasteiger partial charge in [-0.15, -0.1) is 0 Å². The van der Waals surface area contributed by atoms with Crippen molar-refractivity contribution in [2.45, 2.75) is 37.9 Å². The van der Waals surface area contributed by atoms with Gasteiger partial charge in [0.1, 0.15) is 11.5 Å². The summed E-state index contributed by atoms with van der Waals surface area (Å²) >= 11 is 0. The summed E-state index contributed by atoms with van der Waals surface area (Å²) in [5.41, 5.74) is 0.492. The molecule has 2 aliphatic heterocycles. The average molecular weight is 408 g/mol. The predicted octanol–water partition coefficient (Wildman–Crippen LogP) is 1.22. The van der Waals surface area contributed by atoms with Crippen molar-refractivity contribution in [3.8, 4) is 0 Å². The minimum absolute atomic E-state index is 0.0329. The van der Waals surface area contributed by atoms with E-state index in [1.807, 2.05) is 25.1 Å². The summed E-state index contributed by atoms with van der Waals surface area (Å²) in [5, 5.41) is 9.18. The first-order valence-electron chi connectivity index (χ1n) is 9.99. The Balaban J connectivity index is 1.40. The Morgan fingerprint density at radius 1 is 1.17 bits per heavy atom. The van der Waals surface area contributed by atoms with E-state index in [4.69, 9.17) is 0 Å². The molecular weight excluding hydrogens is 384 g/mol. The summed E-state index contributed by atoms with van der Waals surface area (Å²) in [6, 6.07) is 8.68. The second-order valence-corrected chi connectivity index (χ2v) is 7.67. The number of pyridine rings is 2. The number of rotatable bonds is 4. The van der Waals surface area contributed by atoms with Gasteiger partial charge < -0.3 is 20.9 Å².